The van der Waals surface area contributed by atoms with Gasteiger partial charge in [-0.25, -0.2) is 0 Å². The number of aromatic nitrogens is 3. The number of benzene rings is 1. The maximum absolute atomic E-state index is 11.8. The molecule has 0 saturated carbocycles. The second-order valence-corrected chi connectivity index (χ2v) is 5.61. The van der Waals surface area contributed by atoms with Gasteiger partial charge in [0.15, 0.2) is 5.16 Å². The van der Waals surface area contributed by atoms with Gasteiger partial charge in [0.1, 0.15) is 6.33 Å². The summed E-state index contributed by atoms with van der Waals surface area (Å²) in [6, 6.07) is 9.86. The Morgan fingerprint density at radius 3 is 2.86 bits per heavy atom. The van der Waals surface area contributed by atoms with E-state index < -0.39 is 0 Å². The predicted molar refractivity (Wildman–Crippen MR) is 84.6 cm³/mol. The highest BCUT2D eigenvalue weighted by molar-refractivity contribution is 7.99. The van der Waals surface area contributed by atoms with Crippen molar-refractivity contribution in [1.29, 1.82) is 0 Å². The summed E-state index contributed by atoms with van der Waals surface area (Å²) < 4.78 is 1.88. The number of thioether (sulfide) groups is 1. The van der Waals surface area contributed by atoms with Crippen LogP contribution in [-0.4, -0.2) is 33.0 Å². The number of carbonyl (C=O) groups excluding carboxylic acids is 1. The van der Waals surface area contributed by atoms with Gasteiger partial charge in [-0.15, -0.1) is 10.2 Å². The fourth-order valence-electron chi connectivity index (χ4n) is 1.87. The van der Waals surface area contributed by atoms with Crippen LogP contribution in [0.1, 0.15) is 26.2 Å². The van der Waals surface area contributed by atoms with Crippen LogP contribution in [0.25, 0.3) is 5.69 Å². The summed E-state index contributed by atoms with van der Waals surface area (Å²) in [7, 11) is 0. The molecular weight excluding hydrogens is 284 g/mol. The molecule has 0 aliphatic rings. The lowest BCUT2D eigenvalue weighted by atomic mass is 10.2. The second kappa shape index (κ2) is 8.46. The Bertz CT molecular complexity index is 556. The number of rotatable bonds is 8. The van der Waals surface area contributed by atoms with Crippen LogP contribution < -0.4 is 5.32 Å². The van der Waals surface area contributed by atoms with Crippen molar-refractivity contribution in [2.45, 2.75) is 31.3 Å². The fraction of sp³-hybridized carbons (Fsp3) is 0.400. The van der Waals surface area contributed by atoms with Gasteiger partial charge in [-0.2, -0.15) is 0 Å². The number of hydrogen-bond donors (Lipinski definition) is 1. The standard InChI is InChI=1S/C15H20N4OS/c1-2-3-7-10-16-14(20)11-21-15-18-17-12-19(15)13-8-5-4-6-9-13/h4-6,8-9,12H,2-3,7,10-11H2,1H3,(H,16,20). The molecule has 112 valence electrons. The highest BCUT2D eigenvalue weighted by Gasteiger charge is 2.09. The van der Waals surface area contributed by atoms with E-state index >= 15 is 0 Å². The first-order valence-corrected chi connectivity index (χ1v) is 8.14. The maximum atomic E-state index is 11.8. The van der Waals surface area contributed by atoms with E-state index in [1.165, 1.54) is 11.8 Å². The van der Waals surface area contributed by atoms with Crippen molar-refractivity contribution in [1.82, 2.24) is 20.1 Å². The van der Waals surface area contributed by atoms with Crippen LogP contribution in [0.15, 0.2) is 41.8 Å². The third-order valence-corrected chi connectivity index (χ3v) is 3.93. The highest BCUT2D eigenvalue weighted by Crippen LogP contribution is 2.18. The van der Waals surface area contributed by atoms with Crippen molar-refractivity contribution in [2.24, 2.45) is 0 Å². The molecular formula is C15H20N4OS. The summed E-state index contributed by atoms with van der Waals surface area (Å²) in [5.74, 6) is 0.399. The van der Waals surface area contributed by atoms with Crippen LogP contribution in [0.3, 0.4) is 0 Å². The van der Waals surface area contributed by atoms with E-state index in [0.717, 1.165) is 36.7 Å². The van der Waals surface area contributed by atoms with Gasteiger partial charge in [-0.3, -0.25) is 9.36 Å². The molecule has 0 saturated heterocycles. The van der Waals surface area contributed by atoms with Gasteiger partial charge in [0.25, 0.3) is 0 Å². The first kappa shape index (κ1) is 15.6. The lowest BCUT2D eigenvalue weighted by Gasteiger charge is -2.06. The van der Waals surface area contributed by atoms with E-state index in [4.69, 9.17) is 0 Å². The summed E-state index contributed by atoms with van der Waals surface area (Å²) in [5, 5.41) is 11.6. The Hall–Kier alpha value is -1.82. The molecule has 0 spiro atoms. The van der Waals surface area contributed by atoms with Gasteiger partial charge >= 0.3 is 0 Å². The summed E-state index contributed by atoms with van der Waals surface area (Å²) in [6.45, 7) is 2.90. The lowest BCUT2D eigenvalue weighted by molar-refractivity contribution is -0.118. The van der Waals surface area contributed by atoms with Crippen molar-refractivity contribution in [3.63, 3.8) is 0 Å². The van der Waals surface area contributed by atoms with E-state index in [1.54, 1.807) is 6.33 Å². The normalized spacial score (nSPS) is 10.5. The molecule has 0 unspecified atom stereocenters. The second-order valence-electron chi connectivity index (χ2n) is 4.66. The van der Waals surface area contributed by atoms with Crippen LogP contribution in [0.4, 0.5) is 0 Å². The topological polar surface area (TPSA) is 59.8 Å². The fourth-order valence-corrected chi connectivity index (χ4v) is 2.63. The third kappa shape index (κ3) is 4.90. The quantitative estimate of drug-likeness (QED) is 0.601. The molecule has 1 heterocycles. The van der Waals surface area contributed by atoms with Crippen LogP contribution >= 0.6 is 11.8 Å². The van der Waals surface area contributed by atoms with Crippen molar-refractivity contribution in [3.8, 4) is 5.69 Å². The molecule has 21 heavy (non-hydrogen) atoms. The summed E-state index contributed by atoms with van der Waals surface area (Å²) >= 11 is 1.40. The maximum Gasteiger partial charge on any atom is 0.230 e. The first-order valence-electron chi connectivity index (χ1n) is 7.16. The van der Waals surface area contributed by atoms with Crippen molar-refractivity contribution in [2.75, 3.05) is 12.3 Å². The molecule has 1 aromatic heterocycles. The minimum Gasteiger partial charge on any atom is -0.355 e. The molecule has 2 aromatic rings. The van der Waals surface area contributed by atoms with Gasteiger partial charge in [-0.1, -0.05) is 49.7 Å². The monoisotopic (exact) mass is 304 g/mol. The van der Waals surface area contributed by atoms with Crippen molar-refractivity contribution < 1.29 is 4.79 Å². The molecule has 0 fully saturated rings. The van der Waals surface area contributed by atoms with Crippen molar-refractivity contribution >= 4 is 17.7 Å². The van der Waals surface area contributed by atoms with Gasteiger partial charge in [0.05, 0.1) is 5.75 Å². The number of nitrogens with one attached hydrogen (secondary N) is 1. The highest BCUT2D eigenvalue weighted by atomic mass is 32.2. The minimum absolute atomic E-state index is 0.0405. The molecule has 0 aliphatic heterocycles. The Morgan fingerprint density at radius 1 is 1.29 bits per heavy atom. The molecule has 0 bridgehead atoms. The summed E-state index contributed by atoms with van der Waals surface area (Å²) in [5.41, 5.74) is 0.994. The van der Waals surface area contributed by atoms with Crippen LogP contribution in [-0.2, 0) is 4.79 Å². The van der Waals surface area contributed by atoms with E-state index in [1.807, 2.05) is 34.9 Å². The molecule has 1 aromatic carbocycles. The van der Waals surface area contributed by atoms with Gasteiger partial charge in [0, 0.05) is 12.2 Å². The molecule has 5 nitrogen and oxygen atoms in total. The number of hydrogen-bond acceptors (Lipinski definition) is 4. The number of amides is 1. The summed E-state index contributed by atoms with van der Waals surface area (Å²) in [4.78, 5) is 11.8. The van der Waals surface area contributed by atoms with E-state index in [9.17, 15) is 4.79 Å². The number of para-hydroxylation sites is 1. The zero-order chi connectivity index (χ0) is 14.9. The Morgan fingerprint density at radius 2 is 2.10 bits per heavy atom. The smallest absolute Gasteiger partial charge is 0.230 e. The van der Waals surface area contributed by atoms with Crippen LogP contribution in [0.5, 0.6) is 0 Å². The molecule has 0 radical (unpaired) electrons. The molecule has 1 amide bonds. The number of carbonyl (C=O) groups is 1. The van der Waals surface area contributed by atoms with Crippen LogP contribution in [0.2, 0.25) is 0 Å². The van der Waals surface area contributed by atoms with Gasteiger partial charge in [0.2, 0.25) is 5.91 Å². The molecule has 1 N–H and O–H groups in total. The third-order valence-electron chi connectivity index (χ3n) is 2.99. The summed E-state index contributed by atoms with van der Waals surface area (Å²) in [6.07, 6.45) is 5.00. The average Bonchev–Trinajstić information content (AvgIpc) is 2.99. The zero-order valence-electron chi connectivity index (χ0n) is 12.2. The van der Waals surface area contributed by atoms with E-state index in [2.05, 4.69) is 22.4 Å². The van der Waals surface area contributed by atoms with Crippen molar-refractivity contribution in [3.05, 3.63) is 36.7 Å². The molecule has 6 heteroatoms. The van der Waals surface area contributed by atoms with E-state index in [0.29, 0.717) is 5.75 Å². The minimum atomic E-state index is 0.0405. The largest absolute Gasteiger partial charge is 0.355 e. The van der Waals surface area contributed by atoms with Crippen LogP contribution in [0, 0.1) is 0 Å². The first-order chi connectivity index (χ1) is 10.3. The Kier molecular flexibility index (Phi) is 6.27. The number of nitrogens with zero attached hydrogens (tertiary/aromatic N) is 3. The number of unbranched alkanes of at least 4 members (excludes halogenated alkanes) is 2. The Balaban J connectivity index is 1.84. The van der Waals surface area contributed by atoms with Gasteiger partial charge < -0.3 is 5.32 Å². The Labute approximate surface area is 129 Å². The lowest BCUT2D eigenvalue weighted by Crippen LogP contribution is -2.26. The SMILES string of the molecule is CCCCCNC(=O)CSc1nncn1-c1ccccc1. The molecule has 0 atom stereocenters. The molecule has 2 rings (SSSR count). The zero-order valence-corrected chi connectivity index (χ0v) is 13.0. The van der Waals surface area contributed by atoms with E-state index in [-0.39, 0.29) is 5.91 Å². The molecule has 0 aliphatic carbocycles. The predicted octanol–water partition coefficient (Wildman–Crippen LogP) is 2.67. The van der Waals surface area contributed by atoms with Gasteiger partial charge in [-0.05, 0) is 18.6 Å². The average molecular weight is 304 g/mol.